The minimum absolute atomic E-state index is 0.229. The van der Waals surface area contributed by atoms with Crippen LogP contribution >= 0.6 is 0 Å². The Kier molecular flexibility index (Phi) is 7.92. The minimum atomic E-state index is -2.51. The Bertz CT molecular complexity index is 1180. The first-order valence-electron chi connectivity index (χ1n) is 10.4. The van der Waals surface area contributed by atoms with Gasteiger partial charge in [0.25, 0.3) is 6.43 Å². The number of ether oxygens (including phenoxy) is 1. The van der Waals surface area contributed by atoms with Gasteiger partial charge < -0.3 is 20.1 Å². The number of hydrogen-bond acceptors (Lipinski definition) is 7. The van der Waals surface area contributed by atoms with Crippen LogP contribution in [0.4, 0.5) is 19.4 Å². The van der Waals surface area contributed by atoms with Crippen molar-refractivity contribution in [2.24, 2.45) is 7.05 Å². The molecule has 0 aliphatic heterocycles. The average molecular weight is 471 g/mol. The highest BCUT2D eigenvalue weighted by Gasteiger charge is 2.18. The lowest BCUT2D eigenvalue weighted by molar-refractivity contribution is 0.155. The Morgan fingerprint density at radius 3 is 2.68 bits per heavy atom. The number of nitrogens with one attached hydrogen (secondary N) is 1. The topological polar surface area (TPSA) is 129 Å². The number of aryl methyl sites for hydroxylation is 1. The van der Waals surface area contributed by atoms with Gasteiger partial charge in [-0.1, -0.05) is 0 Å². The van der Waals surface area contributed by atoms with Gasteiger partial charge in [-0.25, -0.2) is 28.2 Å². The number of amides is 1. The molecule has 0 bridgehead atoms. The van der Waals surface area contributed by atoms with E-state index in [0.29, 0.717) is 41.5 Å². The summed E-state index contributed by atoms with van der Waals surface area (Å²) in [5, 5.41) is 24.5. The highest BCUT2D eigenvalue weighted by atomic mass is 19.3. The van der Waals surface area contributed by atoms with Crippen molar-refractivity contribution in [1.82, 2.24) is 25.1 Å². The van der Waals surface area contributed by atoms with E-state index in [1.807, 2.05) is 0 Å². The van der Waals surface area contributed by atoms with Crippen molar-refractivity contribution in [3.63, 3.8) is 0 Å². The summed E-state index contributed by atoms with van der Waals surface area (Å²) in [5.74, 6) is 1.26. The molecule has 0 saturated heterocycles. The lowest BCUT2D eigenvalue weighted by Gasteiger charge is -2.18. The van der Waals surface area contributed by atoms with E-state index < -0.39 is 19.1 Å². The summed E-state index contributed by atoms with van der Waals surface area (Å²) in [6.07, 6.45) is -0.0242. The third-order valence-electron chi connectivity index (χ3n) is 4.85. The molecule has 0 saturated carbocycles. The Labute approximate surface area is 194 Å². The first-order chi connectivity index (χ1) is 16.3. The van der Waals surface area contributed by atoms with Gasteiger partial charge in [0, 0.05) is 38.6 Å². The maximum Gasteiger partial charge on any atom is 0.404 e. The molecule has 2 N–H and O–H groups in total. The number of aromatic nitrogens is 4. The van der Waals surface area contributed by atoms with Gasteiger partial charge in [0.15, 0.2) is 11.6 Å². The number of anilines is 1. The first-order valence-corrected chi connectivity index (χ1v) is 10.4. The molecule has 0 spiro atoms. The van der Waals surface area contributed by atoms with Crippen LogP contribution in [-0.2, 0) is 13.5 Å². The van der Waals surface area contributed by atoms with E-state index in [0.717, 1.165) is 5.56 Å². The SMILES string of the molecule is CCN(CC(F)F)c1cc(Oc2cc(C#N)ccc2-c2ncc(CCNC(=O)O)cn2)n(C)n1. The molecule has 3 rings (SSSR count). The van der Waals surface area contributed by atoms with Gasteiger partial charge in [0.05, 0.1) is 23.7 Å². The van der Waals surface area contributed by atoms with E-state index in [1.165, 1.54) is 15.6 Å². The molecule has 0 fully saturated rings. The lowest BCUT2D eigenvalue weighted by atomic mass is 10.1. The number of carbonyl (C=O) groups is 1. The summed E-state index contributed by atoms with van der Waals surface area (Å²) in [5.41, 5.74) is 1.60. The van der Waals surface area contributed by atoms with Crippen molar-refractivity contribution in [3.05, 3.63) is 47.8 Å². The molecule has 0 aliphatic carbocycles. The predicted molar refractivity (Wildman–Crippen MR) is 119 cm³/mol. The molecular formula is C22H23F2N7O3. The molecule has 0 unspecified atom stereocenters. The summed E-state index contributed by atoms with van der Waals surface area (Å²) in [4.78, 5) is 20.7. The molecule has 1 amide bonds. The second-order valence-electron chi connectivity index (χ2n) is 7.22. The van der Waals surface area contributed by atoms with E-state index in [4.69, 9.17) is 9.84 Å². The maximum absolute atomic E-state index is 12.9. The summed E-state index contributed by atoms with van der Waals surface area (Å²) < 4.78 is 33.2. The number of rotatable bonds is 10. The van der Waals surface area contributed by atoms with E-state index >= 15 is 0 Å². The molecule has 12 heteroatoms. The van der Waals surface area contributed by atoms with Gasteiger partial charge in [-0.15, -0.1) is 0 Å². The lowest BCUT2D eigenvalue weighted by Crippen LogP contribution is -2.28. The van der Waals surface area contributed by atoms with E-state index in [-0.39, 0.29) is 12.4 Å². The van der Waals surface area contributed by atoms with Crippen LogP contribution in [0.1, 0.15) is 18.1 Å². The molecule has 34 heavy (non-hydrogen) atoms. The third kappa shape index (κ3) is 6.16. The Balaban J connectivity index is 1.87. The number of benzene rings is 1. The van der Waals surface area contributed by atoms with Crippen LogP contribution in [0.25, 0.3) is 11.4 Å². The normalized spacial score (nSPS) is 10.7. The second kappa shape index (κ2) is 11.0. The van der Waals surface area contributed by atoms with Gasteiger partial charge >= 0.3 is 6.09 Å². The molecular weight excluding hydrogens is 448 g/mol. The molecule has 1 aromatic carbocycles. The van der Waals surface area contributed by atoms with Crippen LogP contribution in [0, 0.1) is 11.3 Å². The van der Waals surface area contributed by atoms with Crippen molar-refractivity contribution in [1.29, 1.82) is 5.26 Å². The van der Waals surface area contributed by atoms with Gasteiger partial charge in [0.2, 0.25) is 5.88 Å². The highest BCUT2D eigenvalue weighted by Crippen LogP contribution is 2.33. The number of nitriles is 1. The summed E-state index contributed by atoms with van der Waals surface area (Å²) in [6.45, 7) is 1.87. The second-order valence-corrected chi connectivity index (χ2v) is 7.22. The standard InChI is InChI=1S/C22H23F2N7O3/c1-3-31(13-18(23)24)19-9-20(30(2)29-19)34-17-8-14(10-25)4-5-16(17)21-27-11-15(12-28-21)6-7-26-22(32)33/h4-5,8-9,11-12,18,26H,3,6-7,13H2,1-2H3,(H,32,33). The number of carboxylic acid groups (broad SMARTS) is 1. The van der Waals surface area contributed by atoms with Crippen molar-refractivity contribution in [3.8, 4) is 29.1 Å². The molecule has 0 aliphatic rings. The fraction of sp³-hybridized carbons (Fsp3) is 0.318. The minimum Gasteiger partial charge on any atom is -0.465 e. The number of nitrogens with zero attached hydrogens (tertiary/aromatic N) is 6. The summed E-state index contributed by atoms with van der Waals surface area (Å²) in [6, 6.07) is 8.39. The van der Waals surface area contributed by atoms with E-state index in [1.54, 1.807) is 44.6 Å². The number of halogens is 2. The summed E-state index contributed by atoms with van der Waals surface area (Å²) >= 11 is 0. The molecule has 0 radical (unpaired) electrons. The molecule has 2 aromatic heterocycles. The first kappa shape index (κ1) is 24.4. The zero-order valence-electron chi connectivity index (χ0n) is 18.6. The quantitative estimate of drug-likeness (QED) is 0.460. The molecule has 10 nitrogen and oxygen atoms in total. The predicted octanol–water partition coefficient (Wildman–Crippen LogP) is 3.44. The molecule has 2 heterocycles. The zero-order chi connectivity index (χ0) is 24.7. The van der Waals surface area contributed by atoms with Crippen molar-refractivity contribution in [2.45, 2.75) is 19.8 Å². The Morgan fingerprint density at radius 1 is 1.32 bits per heavy atom. The van der Waals surface area contributed by atoms with Crippen LogP contribution in [0.3, 0.4) is 0 Å². The fourth-order valence-electron chi connectivity index (χ4n) is 3.15. The van der Waals surface area contributed by atoms with E-state index in [2.05, 4.69) is 26.5 Å². The molecule has 0 atom stereocenters. The van der Waals surface area contributed by atoms with Gasteiger partial charge in [-0.3, -0.25) is 0 Å². The van der Waals surface area contributed by atoms with Gasteiger partial charge in [0.1, 0.15) is 5.75 Å². The maximum atomic E-state index is 12.9. The van der Waals surface area contributed by atoms with Gasteiger partial charge in [-0.05, 0) is 37.1 Å². The number of hydrogen-bond donors (Lipinski definition) is 2. The van der Waals surface area contributed by atoms with Crippen molar-refractivity contribution in [2.75, 3.05) is 24.5 Å². The van der Waals surface area contributed by atoms with Crippen LogP contribution in [0.2, 0.25) is 0 Å². The Hall–Kier alpha value is -4.27. The highest BCUT2D eigenvalue weighted by molar-refractivity contribution is 5.66. The van der Waals surface area contributed by atoms with Crippen LogP contribution in [-0.4, -0.2) is 57.0 Å². The van der Waals surface area contributed by atoms with Gasteiger partial charge in [-0.2, -0.15) is 10.4 Å². The van der Waals surface area contributed by atoms with Crippen LogP contribution in [0.15, 0.2) is 36.7 Å². The van der Waals surface area contributed by atoms with E-state index in [9.17, 15) is 18.8 Å². The average Bonchev–Trinajstić information content (AvgIpc) is 3.17. The summed E-state index contributed by atoms with van der Waals surface area (Å²) in [7, 11) is 1.62. The Morgan fingerprint density at radius 2 is 2.06 bits per heavy atom. The smallest absolute Gasteiger partial charge is 0.404 e. The fourth-order valence-corrected chi connectivity index (χ4v) is 3.15. The van der Waals surface area contributed by atoms with Crippen LogP contribution < -0.4 is 15.0 Å². The van der Waals surface area contributed by atoms with Crippen molar-refractivity contribution < 1.29 is 23.4 Å². The molecule has 3 aromatic rings. The monoisotopic (exact) mass is 471 g/mol. The van der Waals surface area contributed by atoms with Crippen molar-refractivity contribution >= 4 is 11.9 Å². The largest absolute Gasteiger partial charge is 0.465 e. The third-order valence-corrected chi connectivity index (χ3v) is 4.85. The molecule has 178 valence electrons. The zero-order valence-corrected chi connectivity index (χ0v) is 18.6. The number of alkyl halides is 2. The van der Waals surface area contributed by atoms with Crippen LogP contribution in [0.5, 0.6) is 11.6 Å².